The summed E-state index contributed by atoms with van der Waals surface area (Å²) in [5.74, 6) is -3.53. The summed E-state index contributed by atoms with van der Waals surface area (Å²) >= 11 is 0. The Balaban J connectivity index is 2.71. The molecule has 0 fully saturated rings. The van der Waals surface area contributed by atoms with Crippen molar-refractivity contribution >= 4 is 23.4 Å². The number of aliphatic hydroxyl groups is 1. The molecule has 0 saturated heterocycles. The molecule has 0 aromatic heterocycles. The van der Waals surface area contributed by atoms with Gasteiger partial charge in [-0.25, -0.2) is 5.73 Å². The lowest BCUT2D eigenvalue weighted by Crippen LogP contribution is -2.45. The number of Topliss-reactive ketones (excluding diaryl/α,β-unsaturated/α-hetero) is 2. The van der Waals surface area contributed by atoms with Gasteiger partial charge < -0.3 is 21.3 Å². The molecule has 1 radical (unpaired) electrons. The average Bonchev–Trinajstić information content (AvgIpc) is 2.77. The molecule has 9 heteroatoms. The molecule has 33 heavy (non-hydrogen) atoms. The number of hydrogen-bond acceptors (Lipinski definition) is 6. The molecule has 1 rings (SSSR count). The molecule has 0 bridgehead atoms. The average molecular weight is 463 g/mol. The van der Waals surface area contributed by atoms with Gasteiger partial charge in [0.05, 0.1) is 18.6 Å². The number of benzene rings is 1. The SMILES string of the molecule is CCCCC[C@H](CC(=O)C(C)NC(=O)[C@@H]([NH])Cc1ccc(O)cc1)C(=O)C[C@@H](CO)C(N)=O. The molecule has 2 amide bonds. The largest absolute Gasteiger partial charge is 0.508 e. The van der Waals surface area contributed by atoms with Crippen LogP contribution in [0, 0.1) is 11.8 Å². The molecule has 0 heterocycles. The molecule has 1 unspecified atom stereocenters. The van der Waals surface area contributed by atoms with Gasteiger partial charge in [-0.15, -0.1) is 0 Å². The normalized spacial score (nSPS) is 14.7. The van der Waals surface area contributed by atoms with Crippen molar-refractivity contribution < 1.29 is 29.4 Å². The van der Waals surface area contributed by atoms with Crippen molar-refractivity contribution in [2.45, 2.75) is 70.9 Å². The van der Waals surface area contributed by atoms with Gasteiger partial charge in [-0.2, -0.15) is 0 Å². The fourth-order valence-electron chi connectivity index (χ4n) is 3.46. The first-order valence-electron chi connectivity index (χ1n) is 11.3. The highest BCUT2D eigenvalue weighted by molar-refractivity contribution is 5.94. The monoisotopic (exact) mass is 462 g/mol. The van der Waals surface area contributed by atoms with E-state index in [2.05, 4.69) is 5.32 Å². The van der Waals surface area contributed by atoms with Crippen LogP contribution in [0.25, 0.3) is 0 Å². The number of rotatable bonds is 16. The van der Waals surface area contributed by atoms with Crippen molar-refractivity contribution in [1.29, 1.82) is 0 Å². The minimum absolute atomic E-state index is 0.0909. The van der Waals surface area contributed by atoms with Gasteiger partial charge >= 0.3 is 0 Å². The van der Waals surface area contributed by atoms with Gasteiger partial charge in [-0.05, 0) is 37.5 Å². The number of carbonyl (C=O) groups excluding carboxylic acids is 4. The molecular formula is C24H36N3O6. The summed E-state index contributed by atoms with van der Waals surface area (Å²) in [5.41, 5.74) is 14.0. The molecule has 0 aliphatic rings. The maximum Gasteiger partial charge on any atom is 0.239 e. The van der Waals surface area contributed by atoms with Crippen LogP contribution < -0.4 is 16.8 Å². The highest BCUT2D eigenvalue weighted by Gasteiger charge is 2.29. The number of aromatic hydroxyl groups is 1. The molecule has 4 atom stereocenters. The predicted molar refractivity (Wildman–Crippen MR) is 123 cm³/mol. The summed E-state index contributed by atoms with van der Waals surface area (Å²) in [4.78, 5) is 49.2. The van der Waals surface area contributed by atoms with E-state index in [0.29, 0.717) is 12.0 Å². The van der Waals surface area contributed by atoms with Gasteiger partial charge in [0.25, 0.3) is 0 Å². The first-order valence-corrected chi connectivity index (χ1v) is 11.3. The third-order valence-electron chi connectivity index (χ3n) is 5.66. The molecule has 0 aliphatic heterocycles. The molecule has 183 valence electrons. The van der Waals surface area contributed by atoms with Crippen molar-refractivity contribution in [3.8, 4) is 5.75 Å². The van der Waals surface area contributed by atoms with Crippen LogP contribution in [0.4, 0.5) is 0 Å². The molecule has 0 spiro atoms. The zero-order valence-corrected chi connectivity index (χ0v) is 19.4. The molecule has 1 aromatic carbocycles. The molecule has 1 aromatic rings. The summed E-state index contributed by atoms with van der Waals surface area (Å²) in [6, 6.07) is 4.18. The quantitative estimate of drug-likeness (QED) is 0.270. The van der Waals surface area contributed by atoms with E-state index in [1.807, 2.05) is 6.92 Å². The number of primary amides is 1. The Hall–Kier alpha value is -2.78. The van der Waals surface area contributed by atoms with Crippen molar-refractivity contribution in [1.82, 2.24) is 11.1 Å². The van der Waals surface area contributed by atoms with Crippen LogP contribution in [-0.2, 0) is 25.6 Å². The minimum Gasteiger partial charge on any atom is -0.508 e. The number of ketones is 2. The van der Waals surface area contributed by atoms with E-state index in [1.54, 1.807) is 12.1 Å². The van der Waals surface area contributed by atoms with Crippen molar-refractivity contribution in [2.24, 2.45) is 17.6 Å². The first kappa shape index (κ1) is 28.3. The van der Waals surface area contributed by atoms with E-state index < -0.39 is 42.3 Å². The third-order valence-corrected chi connectivity index (χ3v) is 5.66. The number of amides is 2. The maximum atomic E-state index is 12.7. The van der Waals surface area contributed by atoms with Crippen LogP contribution in [0.2, 0.25) is 0 Å². The van der Waals surface area contributed by atoms with Crippen LogP contribution in [-0.4, -0.2) is 52.3 Å². The van der Waals surface area contributed by atoms with Crippen LogP contribution in [0.3, 0.4) is 0 Å². The summed E-state index contributed by atoms with van der Waals surface area (Å²) in [5, 5.41) is 21.2. The van der Waals surface area contributed by atoms with E-state index in [4.69, 9.17) is 11.5 Å². The lowest BCUT2D eigenvalue weighted by Gasteiger charge is -2.21. The Bertz CT molecular complexity index is 796. The van der Waals surface area contributed by atoms with Crippen LogP contribution >= 0.6 is 0 Å². The molecular weight excluding hydrogens is 426 g/mol. The summed E-state index contributed by atoms with van der Waals surface area (Å²) in [7, 11) is 0. The Morgan fingerprint density at radius 3 is 2.18 bits per heavy atom. The van der Waals surface area contributed by atoms with E-state index in [0.717, 1.165) is 19.3 Å². The molecule has 0 aliphatic carbocycles. The van der Waals surface area contributed by atoms with Crippen LogP contribution in [0.1, 0.15) is 57.9 Å². The van der Waals surface area contributed by atoms with Gasteiger partial charge in [-0.1, -0.05) is 38.3 Å². The Morgan fingerprint density at radius 2 is 1.64 bits per heavy atom. The lowest BCUT2D eigenvalue weighted by atomic mass is 9.86. The zero-order chi connectivity index (χ0) is 25.0. The molecule has 6 N–H and O–H groups in total. The molecule has 9 nitrogen and oxygen atoms in total. The first-order chi connectivity index (χ1) is 15.6. The van der Waals surface area contributed by atoms with Gasteiger partial charge in [0.2, 0.25) is 11.8 Å². The number of nitrogens with two attached hydrogens (primary N) is 1. The van der Waals surface area contributed by atoms with Crippen molar-refractivity contribution in [3.63, 3.8) is 0 Å². The van der Waals surface area contributed by atoms with Crippen LogP contribution in [0.15, 0.2) is 24.3 Å². The van der Waals surface area contributed by atoms with E-state index in [-0.39, 0.29) is 36.6 Å². The van der Waals surface area contributed by atoms with Crippen LogP contribution in [0.5, 0.6) is 5.75 Å². The zero-order valence-electron chi connectivity index (χ0n) is 19.4. The summed E-state index contributed by atoms with van der Waals surface area (Å²) in [6.45, 7) is 3.00. The number of phenolic OH excluding ortho intramolecular Hbond substituents is 1. The highest BCUT2D eigenvalue weighted by atomic mass is 16.3. The van der Waals surface area contributed by atoms with E-state index in [9.17, 15) is 29.4 Å². The minimum atomic E-state index is -1.13. The summed E-state index contributed by atoms with van der Waals surface area (Å²) in [6.07, 6.45) is 2.84. The number of nitrogens with one attached hydrogen (secondary N) is 2. The van der Waals surface area contributed by atoms with Crippen molar-refractivity contribution in [3.05, 3.63) is 29.8 Å². The highest BCUT2D eigenvalue weighted by Crippen LogP contribution is 2.20. The van der Waals surface area contributed by atoms with Crippen molar-refractivity contribution in [2.75, 3.05) is 6.61 Å². The fourth-order valence-corrected chi connectivity index (χ4v) is 3.46. The number of hydrogen-bond donors (Lipinski definition) is 4. The smallest absolute Gasteiger partial charge is 0.239 e. The van der Waals surface area contributed by atoms with Gasteiger partial charge in [0.1, 0.15) is 17.6 Å². The van der Waals surface area contributed by atoms with E-state index >= 15 is 0 Å². The Kier molecular flexibility index (Phi) is 12.3. The summed E-state index contributed by atoms with van der Waals surface area (Å²) < 4.78 is 0. The lowest BCUT2D eigenvalue weighted by molar-refractivity contribution is -0.133. The second kappa shape index (κ2) is 14.4. The standard InChI is InChI=1S/C24H36N3O6/c1-3-4-5-6-17(22(31)13-18(14-28)23(26)32)12-21(30)15(2)27-24(33)20(25)11-16-7-9-19(29)10-8-16/h7-10,15,17-18,20,25,28-29H,3-6,11-14H2,1-2H3,(H2,26,32)(H,27,33)/t15?,17-,18+,20+/m1/s1. The van der Waals surface area contributed by atoms with Gasteiger partial charge in [0, 0.05) is 18.8 Å². The molecule has 0 saturated carbocycles. The second-order valence-electron chi connectivity index (χ2n) is 8.47. The topological polar surface area (TPSA) is 171 Å². The Labute approximate surface area is 194 Å². The second-order valence-corrected chi connectivity index (χ2v) is 8.47. The third kappa shape index (κ3) is 10.1. The number of aliphatic hydroxyl groups excluding tert-OH is 1. The fraction of sp³-hybridized carbons (Fsp3) is 0.583. The number of unbranched alkanes of at least 4 members (excludes halogenated alkanes) is 2. The Morgan fingerprint density at radius 1 is 1.03 bits per heavy atom. The predicted octanol–water partition coefficient (Wildman–Crippen LogP) is 1.30. The van der Waals surface area contributed by atoms with Gasteiger partial charge in [0.15, 0.2) is 5.78 Å². The van der Waals surface area contributed by atoms with Gasteiger partial charge in [-0.3, -0.25) is 19.2 Å². The number of phenols is 1. The maximum absolute atomic E-state index is 12.7. The van der Waals surface area contributed by atoms with E-state index in [1.165, 1.54) is 19.1 Å². The number of carbonyl (C=O) groups is 4.